The smallest absolute Gasteiger partial charge is 0.346 e. The van der Waals surface area contributed by atoms with E-state index in [1.54, 1.807) is 0 Å². The average Bonchev–Trinajstić information content (AvgIpc) is 3.78. The molecule has 3 nitrogen and oxygen atoms in total. The van der Waals surface area contributed by atoms with Crippen molar-refractivity contribution in [2.24, 2.45) is 23.7 Å². The normalized spacial score (nSPS) is 18.6. The van der Waals surface area contributed by atoms with E-state index in [-0.39, 0.29) is 0 Å². The van der Waals surface area contributed by atoms with Crippen LogP contribution in [0.3, 0.4) is 0 Å². The third kappa shape index (κ3) is 5.32. The summed E-state index contributed by atoms with van der Waals surface area (Å²) in [5, 5.41) is 4.12. The van der Waals surface area contributed by atoms with Gasteiger partial charge in [0.1, 0.15) is 0 Å². The lowest BCUT2D eigenvalue weighted by atomic mass is 9.91. The lowest BCUT2D eigenvalue weighted by molar-refractivity contribution is 0.0399. The maximum atomic E-state index is 14.1. The van der Waals surface area contributed by atoms with Crippen molar-refractivity contribution >= 4 is 33.5 Å². The van der Waals surface area contributed by atoms with Gasteiger partial charge in [-0.25, -0.2) is 9.59 Å². The summed E-state index contributed by atoms with van der Waals surface area (Å²) in [6, 6.07) is 21.3. The number of ether oxygens (including phenoxy) is 1. The molecule has 0 radical (unpaired) electrons. The molecule has 0 spiro atoms. The second-order valence-electron chi connectivity index (χ2n) is 13.5. The molecule has 208 valence electrons. The van der Waals surface area contributed by atoms with Gasteiger partial charge in [0.25, 0.3) is 0 Å². The first-order valence-electron chi connectivity index (χ1n) is 15.9. The van der Waals surface area contributed by atoms with Gasteiger partial charge in [0.15, 0.2) is 0 Å². The molecule has 4 aliphatic carbocycles. The summed E-state index contributed by atoms with van der Waals surface area (Å²) in [7, 11) is 0. The molecule has 8 rings (SSSR count). The van der Waals surface area contributed by atoms with E-state index in [0.717, 1.165) is 70.2 Å². The maximum absolute atomic E-state index is 14.1. The minimum Gasteiger partial charge on any atom is -0.386 e. The van der Waals surface area contributed by atoms with E-state index in [9.17, 15) is 9.59 Å². The Bertz CT molecular complexity index is 1560. The van der Waals surface area contributed by atoms with E-state index in [1.165, 1.54) is 62.5 Å². The second kappa shape index (κ2) is 10.1. The topological polar surface area (TPSA) is 43.4 Å². The molecule has 4 aromatic carbocycles. The fraction of sp³-hybridized carbons (Fsp3) is 0.421. The zero-order valence-electron chi connectivity index (χ0n) is 23.8. The standard InChI is InChI=1S/C38H38O3/c39-37(35-29(21-25-11-12-25)15-17-31-27(19-23-7-8-23)3-1-5-33(31)35)41-38(40)36-30(22-26-13-14-26)16-18-32-28(20-24-9-10-24)4-2-6-34(32)36/h1-6,15-18,23-26H,7-14,19-22H2. The van der Waals surface area contributed by atoms with Crippen LogP contribution in [0.5, 0.6) is 0 Å². The van der Waals surface area contributed by atoms with Gasteiger partial charge in [-0.15, -0.1) is 0 Å². The first-order valence-corrected chi connectivity index (χ1v) is 15.9. The number of rotatable bonds is 10. The molecule has 0 bridgehead atoms. The van der Waals surface area contributed by atoms with Crippen LogP contribution in [0.2, 0.25) is 0 Å². The van der Waals surface area contributed by atoms with E-state index in [0.29, 0.717) is 23.0 Å². The number of esters is 2. The van der Waals surface area contributed by atoms with E-state index in [2.05, 4.69) is 48.5 Å². The molecule has 4 saturated carbocycles. The van der Waals surface area contributed by atoms with Crippen molar-refractivity contribution in [3.63, 3.8) is 0 Å². The van der Waals surface area contributed by atoms with Crippen LogP contribution in [-0.2, 0) is 30.4 Å². The summed E-state index contributed by atoms with van der Waals surface area (Å²) in [6.07, 6.45) is 13.8. The highest BCUT2D eigenvalue weighted by Gasteiger charge is 2.31. The van der Waals surface area contributed by atoms with Crippen LogP contribution >= 0.6 is 0 Å². The van der Waals surface area contributed by atoms with E-state index >= 15 is 0 Å². The molecule has 3 heteroatoms. The van der Waals surface area contributed by atoms with Crippen LogP contribution in [0.1, 0.15) is 94.3 Å². The van der Waals surface area contributed by atoms with Crippen molar-refractivity contribution in [3.8, 4) is 0 Å². The Morgan fingerprint density at radius 3 is 1.20 bits per heavy atom. The van der Waals surface area contributed by atoms with Gasteiger partial charge < -0.3 is 4.74 Å². The summed E-state index contributed by atoms with van der Waals surface area (Å²) < 4.78 is 5.91. The summed E-state index contributed by atoms with van der Waals surface area (Å²) in [6.45, 7) is 0. The molecule has 4 aromatic rings. The number of benzene rings is 4. The van der Waals surface area contributed by atoms with Gasteiger partial charge >= 0.3 is 11.9 Å². The van der Waals surface area contributed by atoms with Crippen molar-refractivity contribution in [3.05, 3.63) is 94.0 Å². The van der Waals surface area contributed by atoms with Gasteiger partial charge in [-0.05, 0) is 145 Å². The van der Waals surface area contributed by atoms with Crippen molar-refractivity contribution in [1.82, 2.24) is 0 Å². The molecule has 0 saturated heterocycles. The second-order valence-corrected chi connectivity index (χ2v) is 13.5. The molecule has 0 amide bonds. The summed E-state index contributed by atoms with van der Waals surface area (Å²) in [4.78, 5) is 28.1. The van der Waals surface area contributed by atoms with Crippen molar-refractivity contribution in [2.75, 3.05) is 0 Å². The quantitative estimate of drug-likeness (QED) is 0.149. The molecule has 0 aliphatic heterocycles. The highest BCUT2D eigenvalue weighted by atomic mass is 16.6. The molecule has 0 heterocycles. The first kappa shape index (κ1) is 25.3. The fourth-order valence-corrected chi connectivity index (χ4v) is 6.83. The Morgan fingerprint density at radius 2 is 0.829 bits per heavy atom. The zero-order chi connectivity index (χ0) is 27.5. The molecular weight excluding hydrogens is 504 g/mol. The minimum absolute atomic E-state index is 0.497. The third-order valence-corrected chi connectivity index (χ3v) is 9.89. The van der Waals surface area contributed by atoms with Gasteiger partial charge in [-0.1, -0.05) is 60.7 Å². The number of carbonyl (C=O) groups excluding carboxylic acids is 2. The van der Waals surface area contributed by atoms with E-state index in [4.69, 9.17) is 4.74 Å². The van der Waals surface area contributed by atoms with Crippen LogP contribution in [0.15, 0.2) is 60.7 Å². The highest BCUT2D eigenvalue weighted by Crippen LogP contribution is 2.40. The van der Waals surface area contributed by atoms with Crippen molar-refractivity contribution < 1.29 is 14.3 Å². The minimum atomic E-state index is -0.497. The molecular formula is C38H38O3. The van der Waals surface area contributed by atoms with Crippen molar-refractivity contribution in [1.29, 1.82) is 0 Å². The third-order valence-electron chi connectivity index (χ3n) is 9.89. The monoisotopic (exact) mass is 542 g/mol. The first-order chi connectivity index (χ1) is 20.1. The number of hydrogen-bond donors (Lipinski definition) is 0. The Kier molecular flexibility index (Phi) is 6.23. The van der Waals surface area contributed by atoms with Crippen molar-refractivity contribution in [2.45, 2.75) is 77.0 Å². The van der Waals surface area contributed by atoms with Crippen LogP contribution in [0.25, 0.3) is 21.5 Å². The molecule has 0 atom stereocenters. The maximum Gasteiger partial charge on any atom is 0.346 e. The number of hydrogen-bond acceptors (Lipinski definition) is 3. The molecule has 4 aliphatic rings. The molecule has 0 aromatic heterocycles. The predicted molar refractivity (Wildman–Crippen MR) is 163 cm³/mol. The Labute approximate surface area is 242 Å². The largest absolute Gasteiger partial charge is 0.386 e. The lowest BCUT2D eigenvalue weighted by Crippen LogP contribution is -2.17. The van der Waals surface area contributed by atoms with Gasteiger partial charge in [-0.2, -0.15) is 0 Å². The van der Waals surface area contributed by atoms with Crippen LogP contribution in [0.4, 0.5) is 0 Å². The molecule has 4 fully saturated rings. The fourth-order valence-electron chi connectivity index (χ4n) is 6.83. The summed E-state index contributed by atoms with van der Waals surface area (Å²) in [5.41, 5.74) is 5.82. The van der Waals surface area contributed by atoms with Gasteiger partial charge in [0.2, 0.25) is 0 Å². The van der Waals surface area contributed by atoms with E-state index in [1.807, 2.05) is 12.1 Å². The molecule has 0 unspecified atom stereocenters. The Balaban J connectivity index is 1.18. The highest BCUT2D eigenvalue weighted by molar-refractivity contribution is 6.14. The Hall–Kier alpha value is -3.46. The van der Waals surface area contributed by atoms with Gasteiger partial charge in [-0.3, -0.25) is 0 Å². The lowest BCUT2D eigenvalue weighted by Gasteiger charge is -2.17. The molecule has 41 heavy (non-hydrogen) atoms. The SMILES string of the molecule is O=C(OC(=O)c1c(CC2CC2)ccc2c(CC3CC3)cccc12)c1c(CC2CC2)ccc2c(CC3CC3)cccc12. The van der Waals surface area contributed by atoms with Gasteiger partial charge in [0, 0.05) is 0 Å². The summed E-state index contributed by atoms with van der Waals surface area (Å²) in [5.74, 6) is 1.76. The van der Waals surface area contributed by atoms with Crippen LogP contribution in [0, 0.1) is 23.7 Å². The van der Waals surface area contributed by atoms with Gasteiger partial charge in [0.05, 0.1) is 11.1 Å². The average molecular weight is 543 g/mol. The number of fused-ring (bicyclic) bond motifs is 2. The van der Waals surface area contributed by atoms with Crippen LogP contribution in [-0.4, -0.2) is 11.9 Å². The zero-order valence-corrected chi connectivity index (χ0v) is 23.8. The number of carbonyl (C=O) groups is 2. The molecule has 0 N–H and O–H groups in total. The van der Waals surface area contributed by atoms with Crippen LogP contribution < -0.4 is 0 Å². The predicted octanol–water partition coefficient (Wildman–Crippen LogP) is 8.80. The summed E-state index contributed by atoms with van der Waals surface area (Å²) >= 11 is 0. The Morgan fingerprint density at radius 1 is 0.463 bits per heavy atom. The van der Waals surface area contributed by atoms with E-state index < -0.39 is 11.9 Å².